The average molecular weight is 897 g/mol. The summed E-state index contributed by atoms with van der Waals surface area (Å²) in [4.78, 5) is 9.27. The minimum atomic E-state index is -1.23. The first-order valence-electron chi connectivity index (χ1n) is 17.7. The van der Waals surface area contributed by atoms with Gasteiger partial charge in [0.2, 0.25) is 0 Å². The molecule has 0 aliphatic heterocycles. The molecule has 0 spiro atoms. The molecule has 0 saturated carbocycles. The molecule has 0 saturated heterocycles. The summed E-state index contributed by atoms with van der Waals surface area (Å²) in [6.45, 7) is 9.10. The fourth-order valence-corrected chi connectivity index (χ4v) is 7.79. The van der Waals surface area contributed by atoms with Gasteiger partial charge in [0.05, 0.1) is 13.7 Å². The summed E-state index contributed by atoms with van der Waals surface area (Å²) in [5.41, 5.74) is 10.6. The monoisotopic (exact) mass is 897 g/mol. The van der Waals surface area contributed by atoms with E-state index < -0.39 is 8.07 Å². The van der Waals surface area contributed by atoms with Crippen molar-refractivity contribution in [1.29, 1.82) is 0 Å². The third-order valence-electron chi connectivity index (χ3n) is 9.63. The van der Waals surface area contributed by atoms with Crippen LogP contribution >= 0.6 is 0 Å². The second kappa shape index (κ2) is 15.4. The van der Waals surface area contributed by atoms with Crippen molar-refractivity contribution in [2.24, 2.45) is 0 Å². The Hall–Kier alpha value is -5.52. The zero-order valence-corrected chi connectivity index (χ0v) is 33.8. The topological polar surface area (TPSA) is 38.9 Å². The molecule has 9 rings (SSSR count). The fourth-order valence-electron chi connectivity index (χ4n) is 6.75. The molecule has 0 aliphatic rings. The van der Waals surface area contributed by atoms with Crippen molar-refractivity contribution in [3.05, 3.63) is 175 Å². The molecular weight excluding hydrogens is 860 g/mol. The molecule has 0 atom stereocenters. The van der Waals surface area contributed by atoms with E-state index in [4.69, 9.17) is 9.40 Å². The maximum absolute atomic E-state index is 14.1. The van der Waals surface area contributed by atoms with Crippen LogP contribution < -0.4 is 5.19 Å². The van der Waals surface area contributed by atoms with E-state index in [1.807, 2.05) is 85.2 Å². The van der Waals surface area contributed by atoms with Gasteiger partial charge in [0.25, 0.3) is 0 Å². The minimum Gasteiger partial charge on any atom is -0.476 e. The van der Waals surface area contributed by atoms with Gasteiger partial charge in [-0.3, -0.25) is 0 Å². The van der Waals surface area contributed by atoms with Crippen molar-refractivity contribution in [2.45, 2.75) is 26.6 Å². The molecule has 3 aromatic heterocycles. The summed E-state index contributed by atoms with van der Waals surface area (Å²) in [6.07, 6.45) is 3.94. The number of aryl methyl sites for hydroxylation is 1. The van der Waals surface area contributed by atoms with Gasteiger partial charge < -0.3 is 14.4 Å². The fraction of sp³-hybridized carbons (Fsp3) is 0.0833. The number of furan rings is 1. The van der Waals surface area contributed by atoms with Crippen molar-refractivity contribution in [3.63, 3.8) is 0 Å². The van der Waals surface area contributed by atoms with Crippen molar-refractivity contribution < 1.29 is 28.9 Å². The molecule has 0 unspecified atom stereocenters. The first-order valence-corrected chi connectivity index (χ1v) is 21.2. The molecule has 0 fully saturated rings. The van der Waals surface area contributed by atoms with Crippen LogP contribution in [0.3, 0.4) is 0 Å². The van der Waals surface area contributed by atoms with E-state index >= 15 is 0 Å². The smallest absolute Gasteiger partial charge is 0.131 e. The van der Waals surface area contributed by atoms with Gasteiger partial charge in [0.1, 0.15) is 11.4 Å². The van der Waals surface area contributed by atoms with Crippen LogP contribution in [0.4, 0.5) is 4.39 Å². The second-order valence-corrected chi connectivity index (χ2v) is 19.4. The van der Waals surface area contributed by atoms with E-state index in [-0.39, 0.29) is 25.9 Å². The largest absolute Gasteiger partial charge is 0.476 e. The maximum Gasteiger partial charge on any atom is 0.131 e. The molecule has 267 valence electrons. The number of nitrogens with zero attached hydrogens (tertiary/aromatic N) is 2. The number of pyridine rings is 2. The van der Waals surface area contributed by atoms with E-state index in [0.717, 1.165) is 83.0 Å². The van der Waals surface area contributed by atoms with Gasteiger partial charge in [-0.05, 0) is 68.7 Å². The normalized spacial score (nSPS) is 11.3. The average Bonchev–Trinajstić information content (AvgIpc) is 3.56. The van der Waals surface area contributed by atoms with Crippen LogP contribution in [0.15, 0.2) is 156 Å². The van der Waals surface area contributed by atoms with Gasteiger partial charge in [0.15, 0.2) is 0 Å². The number of rotatable bonds is 5. The van der Waals surface area contributed by atoms with Gasteiger partial charge >= 0.3 is 0 Å². The van der Waals surface area contributed by atoms with Crippen LogP contribution in [-0.2, 0) is 20.1 Å². The van der Waals surface area contributed by atoms with E-state index in [9.17, 15) is 4.39 Å². The molecule has 1 radical (unpaired) electrons. The zero-order valence-electron chi connectivity index (χ0n) is 30.4. The molecule has 0 aliphatic carbocycles. The van der Waals surface area contributed by atoms with E-state index in [2.05, 4.69) is 92.2 Å². The predicted octanol–water partition coefficient (Wildman–Crippen LogP) is 12.5. The van der Waals surface area contributed by atoms with Crippen molar-refractivity contribution in [3.8, 4) is 44.8 Å². The molecule has 0 N–H and O–H groups in total. The molecule has 0 amide bonds. The molecular formula is C48H37FIrN2OSi-2. The van der Waals surface area contributed by atoms with Crippen LogP contribution in [0, 0.1) is 24.9 Å². The Morgan fingerprint density at radius 1 is 0.593 bits per heavy atom. The summed E-state index contributed by atoms with van der Waals surface area (Å²) in [5.74, 6) is -0.252. The van der Waals surface area contributed by atoms with E-state index in [1.54, 1.807) is 12.1 Å². The Morgan fingerprint density at radius 3 is 2.04 bits per heavy atom. The van der Waals surface area contributed by atoms with Crippen LogP contribution in [-0.4, -0.2) is 18.0 Å². The van der Waals surface area contributed by atoms with Gasteiger partial charge in [-0.15, -0.1) is 53.6 Å². The molecule has 9 aromatic rings. The predicted molar refractivity (Wildman–Crippen MR) is 220 cm³/mol. The summed E-state index contributed by atoms with van der Waals surface area (Å²) in [6, 6.07) is 52.2. The molecule has 6 aromatic carbocycles. The van der Waals surface area contributed by atoms with Crippen LogP contribution in [0.5, 0.6) is 0 Å². The SMILES string of the molecule is C[Si](C)(C)c1ccc(-c2[c-]cccc2)nc1.Cc1cc(-c2[c-]cc3c(c2)oc2c4ccccc4c(-c4cccc(F)c4)cc32)ncc1-c1ccccc1.[Ir]. The molecule has 3 heterocycles. The number of halogens is 1. The van der Waals surface area contributed by atoms with Crippen LogP contribution in [0.25, 0.3) is 77.5 Å². The summed E-state index contributed by atoms with van der Waals surface area (Å²) in [5, 5.41) is 5.38. The number of hydrogen-bond acceptors (Lipinski definition) is 3. The van der Waals surface area contributed by atoms with Crippen molar-refractivity contribution >= 4 is 46.0 Å². The molecule has 6 heteroatoms. The number of fused-ring (bicyclic) bond motifs is 5. The Balaban J connectivity index is 0.000000223. The van der Waals surface area contributed by atoms with Gasteiger partial charge in [0, 0.05) is 43.4 Å². The molecule has 3 nitrogen and oxygen atoms in total. The van der Waals surface area contributed by atoms with Gasteiger partial charge in [-0.1, -0.05) is 122 Å². The Bertz CT molecular complexity index is 2720. The minimum absolute atomic E-state index is 0. The summed E-state index contributed by atoms with van der Waals surface area (Å²) in [7, 11) is -1.23. The first-order chi connectivity index (χ1) is 25.7. The third kappa shape index (κ3) is 7.46. The standard InChI is InChI=1S/C34H21FNO.C14H16NSi.Ir/c1-21-16-32(36-20-31(21)22-8-3-2-4-9-22)24-14-15-27-30-19-29(23-10-7-11-25(35)17-23)26-12-5-6-13-28(26)34(30)37-33(27)18-24;1-16(2,3)13-9-10-14(15-11-13)12-7-5-4-6-8-12;/h2-13,15-20H,1H3;4-7,9-11H,1-3H3;/q2*-1;. The van der Waals surface area contributed by atoms with Crippen LogP contribution in [0.2, 0.25) is 19.6 Å². The summed E-state index contributed by atoms with van der Waals surface area (Å²) >= 11 is 0. The number of benzene rings is 6. The van der Waals surface area contributed by atoms with Crippen molar-refractivity contribution in [1.82, 2.24) is 9.97 Å². The van der Waals surface area contributed by atoms with Crippen molar-refractivity contribution in [2.75, 3.05) is 0 Å². The quantitative estimate of drug-likeness (QED) is 0.128. The van der Waals surface area contributed by atoms with Crippen LogP contribution in [0.1, 0.15) is 5.56 Å². The van der Waals surface area contributed by atoms with E-state index in [0.29, 0.717) is 0 Å². The van der Waals surface area contributed by atoms with Gasteiger partial charge in [-0.25, -0.2) is 4.39 Å². The third-order valence-corrected chi connectivity index (χ3v) is 11.7. The summed E-state index contributed by atoms with van der Waals surface area (Å²) < 4.78 is 20.5. The van der Waals surface area contributed by atoms with E-state index in [1.165, 1.54) is 11.3 Å². The first kappa shape index (κ1) is 36.8. The Morgan fingerprint density at radius 2 is 1.33 bits per heavy atom. The Labute approximate surface area is 329 Å². The molecule has 54 heavy (non-hydrogen) atoms. The Kier molecular flexibility index (Phi) is 10.5. The zero-order chi connectivity index (χ0) is 36.5. The molecule has 0 bridgehead atoms. The maximum atomic E-state index is 14.1. The number of hydrogen-bond donors (Lipinski definition) is 0. The second-order valence-electron chi connectivity index (χ2n) is 14.3. The number of aromatic nitrogens is 2. The van der Waals surface area contributed by atoms with Gasteiger partial charge in [-0.2, -0.15) is 0 Å².